The Hall–Kier alpha value is -2.98. The summed E-state index contributed by atoms with van der Waals surface area (Å²) >= 11 is 6.20. The maximum Gasteiger partial charge on any atom is 0.411 e. The molecule has 34 heavy (non-hydrogen) atoms. The topological polar surface area (TPSA) is 94.1 Å². The van der Waals surface area contributed by atoms with Crippen molar-refractivity contribution in [1.82, 2.24) is 5.32 Å². The van der Waals surface area contributed by atoms with Crippen molar-refractivity contribution in [2.75, 3.05) is 20.3 Å². The highest BCUT2D eigenvalue weighted by atomic mass is 35.5. The van der Waals surface area contributed by atoms with Crippen molar-refractivity contribution in [3.63, 3.8) is 0 Å². The van der Waals surface area contributed by atoms with Gasteiger partial charge in [-0.25, -0.2) is 4.79 Å². The van der Waals surface area contributed by atoms with Crippen molar-refractivity contribution in [3.05, 3.63) is 58.1 Å². The zero-order valence-corrected chi connectivity index (χ0v) is 19.3. The van der Waals surface area contributed by atoms with Gasteiger partial charge in [0.2, 0.25) is 0 Å². The van der Waals surface area contributed by atoms with Crippen molar-refractivity contribution in [3.8, 4) is 11.5 Å². The molecule has 0 aliphatic rings. The molecule has 1 atom stereocenters. The summed E-state index contributed by atoms with van der Waals surface area (Å²) in [4.78, 5) is 23.9. The molecule has 0 bridgehead atoms. The summed E-state index contributed by atoms with van der Waals surface area (Å²) in [6.07, 6.45) is -5.82. The molecule has 0 heterocycles. The summed E-state index contributed by atoms with van der Waals surface area (Å²) in [5.74, 6) is -1.03. The molecule has 2 rings (SSSR count). The standard InChI is InChI=1S/C23H25ClF3NO6/c1-3-8-33-16-5-6-17(18(24)11-16)21(29)28-12-15-9-14(4-7-19(15)32-2)10-20(22(30)31)34-13-23(25,26)27/h4-7,9,11,20H,3,8,10,12-13H2,1-2H3,(H,28,29)(H,30,31). The minimum absolute atomic E-state index is 0.00140. The number of hydrogen-bond acceptors (Lipinski definition) is 5. The van der Waals surface area contributed by atoms with Gasteiger partial charge in [-0.05, 0) is 36.2 Å². The number of carbonyl (C=O) groups excluding carboxylic acids is 1. The van der Waals surface area contributed by atoms with Crippen LogP contribution in [0.1, 0.15) is 34.8 Å². The Bertz CT molecular complexity index is 999. The fraction of sp³-hybridized carbons (Fsp3) is 0.391. The molecule has 11 heteroatoms. The minimum atomic E-state index is -4.65. The number of hydrogen-bond donors (Lipinski definition) is 2. The number of amides is 1. The highest BCUT2D eigenvalue weighted by Gasteiger charge is 2.31. The third-order valence-electron chi connectivity index (χ3n) is 4.59. The molecule has 0 radical (unpaired) electrons. The fourth-order valence-corrected chi connectivity index (χ4v) is 3.24. The number of ether oxygens (including phenoxy) is 3. The third-order valence-corrected chi connectivity index (χ3v) is 4.90. The van der Waals surface area contributed by atoms with Crippen molar-refractivity contribution in [2.45, 2.75) is 38.6 Å². The van der Waals surface area contributed by atoms with Crippen LogP contribution < -0.4 is 14.8 Å². The van der Waals surface area contributed by atoms with E-state index in [-0.39, 0.29) is 23.6 Å². The number of methoxy groups -OCH3 is 1. The molecule has 2 N–H and O–H groups in total. The highest BCUT2D eigenvalue weighted by molar-refractivity contribution is 6.34. The van der Waals surface area contributed by atoms with Crippen LogP contribution in [0, 0.1) is 0 Å². The molecular weight excluding hydrogens is 479 g/mol. The molecule has 0 aliphatic carbocycles. The van der Waals surface area contributed by atoms with E-state index in [2.05, 4.69) is 10.1 Å². The number of benzene rings is 2. The molecule has 186 valence electrons. The van der Waals surface area contributed by atoms with Crippen LogP contribution >= 0.6 is 11.6 Å². The summed E-state index contributed by atoms with van der Waals surface area (Å²) in [7, 11) is 1.42. The van der Waals surface area contributed by atoms with E-state index in [9.17, 15) is 27.9 Å². The zero-order chi connectivity index (χ0) is 25.3. The number of carboxylic acid groups (broad SMARTS) is 1. The normalized spacial score (nSPS) is 12.2. The Labute approximate surface area is 199 Å². The maximum absolute atomic E-state index is 12.6. The van der Waals surface area contributed by atoms with Crippen LogP contribution in [0.25, 0.3) is 0 Å². The summed E-state index contributed by atoms with van der Waals surface area (Å²) in [5.41, 5.74) is 1.12. The first-order valence-corrected chi connectivity index (χ1v) is 10.7. The molecule has 0 spiro atoms. The Morgan fingerprint density at radius 2 is 1.91 bits per heavy atom. The molecule has 0 aliphatic heterocycles. The van der Waals surface area contributed by atoms with Gasteiger partial charge in [-0.2, -0.15) is 13.2 Å². The van der Waals surface area contributed by atoms with Crippen LogP contribution in [0.5, 0.6) is 11.5 Å². The molecule has 1 unspecified atom stereocenters. The van der Waals surface area contributed by atoms with Crippen molar-refractivity contribution >= 4 is 23.5 Å². The van der Waals surface area contributed by atoms with Gasteiger partial charge in [0, 0.05) is 18.5 Å². The number of rotatable bonds is 12. The number of alkyl halides is 3. The molecule has 2 aromatic rings. The van der Waals surface area contributed by atoms with Crippen molar-refractivity contribution in [2.24, 2.45) is 0 Å². The van der Waals surface area contributed by atoms with E-state index in [4.69, 9.17) is 21.1 Å². The van der Waals surface area contributed by atoms with Crippen molar-refractivity contribution < 1.29 is 42.1 Å². The number of carboxylic acids is 1. The maximum atomic E-state index is 12.6. The number of aliphatic carboxylic acids is 1. The fourth-order valence-electron chi connectivity index (χ4n) is 2.98. The lowest BCUT2D eigenvalue weighted by Gasteiger charge is -2.17. The van der Waals surface area contributed by atoms with Gasteiger partial charge < -0.3 is 24.6 Å². The second-order valence-electron chi connectivity index (χ2n) is 7.28. The summed E-state index contributed by atoms with van der Waals surface area (Å²) < 4.78 is 52.5. The lowest BCUT2D eigenvalue weighted by Crippen LogP contribution is -2.31. The molecule has 0 aromatic heterocycles. The summed E-state index contributed by atoms with van der Waals surface area (Å²) in [5, 5.41) is 12.1. The van der Waals surface area contributed by atoms with Gasteiger partial charge in [0.15, 0.2) is 6.10 Å². The van der Waals surface area contributed by atoms with Gasteiger partial charge in [-0.3, -0.25) is 4.79 Å². The second-order valence-corrected chi connectivity index (χ2v) is 7.68. The Balaban J connectivity index is 2.11. The van der Waals surface area contributed by atoms with E-state index in [1.807, 2.05) is 6.92 Å². The summed E-state index contributed by atoms with van der Waals surface area (Å²) in [6, 6.07) is 9.29. The van der Waals surface area contributed by atoms with Crippen LogP contribution in [-0.2, 0) is 22.5 Å². The van der Waals surface area contributed by atoms with Crippen LogP contribution in [0.3, 0.4) is 0 Å². The highest BCUT2D eigenvalue weighted by Crippen LogP contribution is 2.25. The van der Waals surface area contributed by atoms with E-state index in [1.165, 1.54) is 31.4 Å². The van der Waals surface area contributed by atoms with E-state index >= 15 is 0 Å². The minimum Gasteiger partial charge on any atom is -0.496 e. The van der Waals surface area contributed by atoms with Crippen molar-refractivity contribution in [1.29, 1.82) is 0 Å². The predicted octanol–water partition coefficient (Wildman–Crippen LogP) is 4.64. The largest absolute Gasteiger partial charge is 0.496 e. The molecule has 0 fully saturated rings. The number of carbonyl (C=O) groups is 2. The lowest BCUT2D eigenvalue weighted by molar-refractivity contribution is -0.192. The smallest absolute Gasteiger partial charge is 0.411 e. The van der Waals surface area contributed by atoms with E-state index in [1.54, 1.807) is 12.1 Å². The van der Waals surface area contributed by atoms with Crippen LogP contribution in [0.2, 0.25) is 5.02 Å². The van der Waals surface area contributed by atoms with Gasteiger partial charge in [0.05, 0.1) is 24.3 Å². The third kappa shape index (κ3) is 8.42. The number of nitrogens with one attached hydrogen (secondary N) is 1. The summed E-state index contributed by atoms with van der Waals surface area (Å²) in [6.45, 7) is 0.805. The first-order valence-electron chi connectivity index (χ1n) is 10.3. The molecular formula is C23H25ClF3NO6. The van der Waals surface area contributed by atoms with E-state index in [0.717, 1.165) is 6.42 Å². The lowest BCUT2D eigenvalue weighted by atomic mass is 10.0. The SMILES string of the molecule is CCCOc1ccc(C(=O)NCc2cc(CC(OCC(F)(F)F)C(=O)O)ccc2OC)c(Cl)c1. The van der Waals surface area contributed by atoms with Crippen LogP contribution in [0.4, 0.5) is 13.2 Å². The Morgan fingerprint density at radius 1 is 1.18 bits per heavy atom. The first-order chi connectivity index (χ1) is 16.0. The van der Waals surface area contributed by atoms with Crippen LogP contribution in [-0.4, -0.2) is 49.6 Å². The second kappa shape index (κ2) is 12.5. The molecule has 1 amide bonds. The quantitative estimate of drug-likeness (QED) is 0.438. The molecule has 0 saturated heterocycles. The first kappa shape index (κ1) is 27.3. The molecule has 2 aromatic carbocycles. The predicted molar refractivity (Wildman–Crippen MR) is 119 cm³/mol. The monoisotopic (exact) mass is 503 g/mol. The zero-order valence-electron chi connectivity index (χ0n) is 18.6. The van der Waals surface area contributed by atoms with Gasteiger partial charge in [-0.1, -0.05) is 30.7 Å². The van der Waals surface area contributed by atoms with Gasteiger partial charge in [-0.15, -0.1) is 0 Å². The molecule has 7 nitrogen and oxygen atoms in total. The van der Waals surface area contributed by atoms with Gasteiger partial charge >= 0.3 is 12.1 Å². The average Bonchev–Trinajstić information content (AvgIpc) is 2.78. The van der Waals surface area contributed by atoms with E-state index in [0.29, 0.717) is 29.2 Å². The number of halogens is 4. The van der Waals surface area contributed by atoms with Crippen LogP contribution in [0.15, 0.2) is 36.4 Å². The Morgan fingerprint density at radius 3 is 2.50 bits per heavy atom. The van der Waals surface area contributed by atoms with Gasteiger partial charge in [0.1, 0.15) is 18.1 Å². The average molecular weight is 504 g/mol. The van der Waals surface area contributed by atoms with E-state index < -0.39 is 30.8 Å². The Kier molecular flexibility index (Phi) is 10.0. The van der Waals surface area contributed by atoms with Gasteiger partial charge in [0.25, 0.3) is 5.91 Å². The molecule has 0 saturated carbocycles.